The standard InChI is InChI=1S/C13H9.C6H7.C2H4.2ClH.Zr/c1-3-7-12-10(5-1)9-11-6-2-4-8-13(11)12;1-6-4-2-3-5-6;1-2;;;/h1-9H;2,4H,3H2,1H3;1-2H2;2*1H;/q;;;;;+2/p-2. The molecule has 0 saturated carbocycles. The summed E-state index contributed by atoms with van der Waals surface area (Å²) in [6.45, 7) is 2.35. The second-order valence-corrected chi connectivity index (χ2v) is 18.1. The van der Waals surface area contributed by atoms with Gasteiger partial charge in [-0.25, -0.2) is 0 Å². The number of fused-ring (bicyclic) bond motifs is 3. The molecular formula is C21H20Cl2Zr. The quantitative estimate of drug-likeness (QED) is 0.625. The SMILES string of the molecule is CC1=[C]([Zr+2]2([CH]3c4ccccc4-c4ccccc43)[CH2][CH2]2)CC=C1.[Cl-].[Cl-]. The fourth-order valence-corrected chi connectivity index (χ4v) is 20.8. The van der Waals surface area contributed by atoms with Crippen molar-refractivity contribution >= 4 is 0 Å². The van der Waals surface area contributed by atoms with Crippen molar-refractivity contribution in [3.8, 4) is 11.1 Å². The van der Waals surface area contributed by atoms with Gasteiger partial charge in [-0.3, -0.25) is 0 Å². The van der Waals surface area contributed by atoms with Crippen LogP contribution in [0.5, 0.6) is 0 Å². The van der Waals surface area contributed by atoms with E-state index in [4.69, 9.17) is 0 Å². The smallest absolute Gasteiger partial charge is 1.00 e. The first-order chi connectivity index (χ1) is 10.8. The van der Waals surface area contributed by atoms with Gasteiger partial charge in [0.05, 0.1) is 0 Å². The molecule has 0 atom stereocenters. The van der Waals surface area contributed by atoms with E-state index in [1.807, 2.05) is 3.28 Å². The molecule has 3 heteroatoms. The van der Waals surface area contributed by atoms with Gasteiger partial charge in [0.15, 0.2) is 0 Å². The van der Waals surface area contributed by atoms with Gasteiger partial charge < -0.3 is 24.8 Å². The number of rotatable bonds is 2. The van der Waals surface area contributed by atoms with E-state index in [0.717, 1.165) is 3.63 Å². The Morgan fingerprint density at radius 1 is 0.833 bits per heavy atom. The second-order valence-electron chi connectivity index (χ2n) is 7.03. The molecule has 1 saturated heterocycles. The Balaban J connectivity index is 0.000000845. The molecule has 0 aromatic heterocycles. The minimum absolute atomic E-state index is 0. The normalized spacial score (nSPS) is 18.0. The monoisotopic (exact) mass is 432 g/mol. The molecule has 2 aliphatic carbocycles. The van der Waals surface area contributed by atoms with Gasteiger partial charge in [-0.1, -0.05) is 0 Å². The van der Waals surface area contributed by atoms with Crippen molar-refractivity contribution in [2.24, 2.45) is 0 Å². The van der Waals surface area contributed by atoms with Crippen LogP contribution in [0.4, 0.5) is 0 Å². The first-order valence-electron chi connectivity index (χ1n) is 8.36. The van der Waals surface area contributed by atoms with Gasteiger partial charge in [0.25, 0.3) is 0 Å². The predicted molar refractivity (Wildman–Crippen MR) is 89.8 cm³/mol. The second kappa shape index (κ2) is 6.60. The van der Waals surface area contributed by atoms with Gasteiger partial charge in [-0.2, -0.15) is 0 Å². The van der Waals surface area contributed by atoms with Crippen molar-refractivity contribution in [1.29, 1.82) is 0 Å². The van der Waals surface area contributed by atoms with E-state index < -0.39 is 20.3 Å². The van der Waals surface area contributed by atoms with Gasteiger partial charge in [0.1, 0.15) is 0 Å². The Kier molecular flexibility index (Phi) is 5.00. The molecule has 0 spiro atoms. The van der Waals surface area contributed by atoms with E-state index in [9.17, 15) is 0 Å². The Hall–Kier alpha value is -0.617. The third-order valence-electron chi connectivity index (χ3n) is 5.94. The average Bonchev–Trinajstić information content (AvgIpc) is 3.09. The zero-order chi connectivity index (χ0) is 14.7. The Morgan fingerprint density at radius 2 is 1.38 bits per heavy atom. The average molecular weight is 435 g/mol. The summed E-state index contributed by atoms with van der Waals surface area (Å²) in [6, 6.07) is 18.4. The Bertz CT molecular complexity index is 801. The molecular weight excluding hydrogens is 414 g/mol. The van der Waals surface area contributed by atoms with E-state index in [2.05, 4.69) is 67.6 Å². The van der Waals surface area contributed by atoms with Crippen LogP contribution in [-0.2, 0) is 20.3 Å². The molecule has 122 valence electrons. The summed E-state index contributed by atoms with van der Waals surface area (Å²) in [5.74, 6) is 0. The van der Waals surface area contributed by atoms with Gasteiger partial charge in [-0.05, 0) is 0 Å². The number of halogens is 2. The van der Waals surface area contributed by atoms with E-state index >= 15 is 0 Å². The first-order valence-corrected chi connectivity index (χ1v) is 14.5. The molecule has 0 unspecified atom stereocenters. The van der Waals surface area contributed by atoms with Crippen LogP contribution < -0.4 is 24.8 Å². The van der Waals surface area contributed by atoms with Crippen molar-refractivity contribution in [3.05, 3.63) is 80.7 Å². The number of hydrogen-bond acceptors (Lipinski definition) is 0. The van der Waals surface area contributed by atoms with Crippen molar-refractivity contribution in [2.75, 3.05) is 0 Å². The topological polar surface area (TPSA) is 0 Å². The van der Waals surface area contributed by atoms with E-state index in [1.54, 1.807) is 25.0 Å². The van der Waals surface area contributed by atoms with E-state index in [-0.39, 0.29) is 24.8 Å². The summed E-state index contributed by atoms with van der Waals surface area (Å²) in [7, 11) is 0. The zero-order valence-electron chi connectivity index (χ0n) is 13.7. The summed E-state index contributed by atoms with van der Waals surface area (Å²) >= 11 is -2.22. The maximum absolute atomic E-state index is 2.41. The molecule has 1 fully saturated rings. The predicted octanol–water partition coefficient (Wildman–Crippen LogP) is 0.00240. The molecule has 0 radical (unpaired) electrons. The summed E-state index contributed by atoms with van der Waals surface area (Å²) in [5.41, 5.74) is 7.91. The molecule has 0 nitrogen and oxygen atoms in total. The van der Waals surface area contributed by atoms with Gasteiger partial charge in [0.2, 0.25) is 0 Å². The molecule has 0 bridgehead atoms. The summed E-state index contributed by atoms with van der Waals surface area (Å²) in [4.78, 5) is 0. The molecule has 0 amide bonds. The maximum atomic E-state index is 2.41. The Labute approximate surface area is 161 Å². The summed E-state index contributed by atoms with van der Waals surface area (Å²) in [5, 5.41) is 0. The van der Waals surface area contributed by atoms with E-state index in [0.29, 0.717) is 0 Å². The number of benzene rings is 2. The largest absolute Gasteiger partial charge is 1.00 e. The Morgan fingerprint density at radius 3 is 1.83 bits per heavy atom. The fourth-order valence-electron chi connectivity index (χ4n) is 4.86. The molecule has 1 heterocycles. The van der Waals surface area contributed by atoms with Crippen LogP contribution in [0.25, 0.3) is 11.1 Å². The van der Waals surface area contributed by atoms with Gasteiger partial charge in [0, 0.05) is 0 Å². The molecule has 3 aliphatic rings. The number of allylic oxidation sites excluding steroid dienone is 4. The van der Waals surface area contributed by atoms with Crippen LogP contribution in [0.2, 0.25) is 8.26 Å². The van der Waals surface area contributed by atoms with Gasteiger partial charge in [-0.15, -0.1) is 0 Å². The molecule has 24 heavy (non-hydrogen) atoms. The van der Waals surface area contributed by atoms with Crippen LogP contribution in [0.3, 0.4) is 0 Å². The van der Waals surface area contributed by atoms with E-state index in [1.165, 1.54) is 17.5 Å². The minimum Gasteiger partial charge on any atom is -1.00 e. The molecule has 2 aromatic rings. The van der Waals surface area contributed by atoms with Crippen LogP contribution in [-0.4, -0.2) is 0 Å². The molecule has 0 N–H and O–H groups in total. The third-order valence-corrected chi connectivity index (χ3v) is 18.5. The van der Waals surface area contributed by atoms with Crippen molar-refractivity contribution in [3.63, 3.8) is 0 Å². The molecule has 1 aliphatic heterocycles. The van der Waals surface area contributed by atoms with Gasteiger partial charge >= 0.3 is 137 Å². The summed E-state index contributed by atoms with van der Waals surface area (Å²) < 4.78 is 5.78. The van der Waals surface area contributed by atoms with Crippen molar-refractivity contribution < 1.29 is 45.1 Å². The van der Waals surface area contributed by atoms with Crippen LogP contribution in [0, 0.1) is 0 Å². The maximum Gasteiger partial charge on any atom is -1.00 e. The molecule has 2 aromatic carbocycles. The zero-order valence-corrected chi connectivity index (χ0v) is 17.7. The van der Waals surface area contributed by atoms with Crippen molar-refractivity contribution in [1.82, 2.24) is 0 Å². The van der Waals surface area contributed by atoms with Crippen LogP contribution >= 0.6 is 0 Å². The molecule has 5 rings (SSSR count). The third kappa shape index (κ3) is 2.44. The van der Waals surface area contributed by atoms with Crippen LogP contribution in [0.1, 0.15) is 28.1 Å². The van der Waals surface area contributed by atoms with Crippen molar-refractivity contribution in [2.45, 2.75) is 25.2 Å². The summed E-state index contributed by atoms with van der Waals surface area (Å²) in [6.07, 6.45) is 6.02. The van der Waals surface area contributed by atoms with Crippen LogP contribution in [0.15, 0.2) is 69.5 Å². The fraction of sp³-hybridized carbons (Fsp3) is 0.238. The minimum atomic E-state index is -2.22. The number of hydrogen-bond donors (Lipinski definition) is 0. The first kappa shape index (κ1) is 18.2.